The first kappa shape index (κ1) is 14.7. The smallest absolute Gasteiger partial charge is 0.338 e. The number of benzene rings is 1. The normalized spacial score (nSPS) is 10.3. The fraction of sp³-hybridized carbons (Fsp3) is 0.125. The predicted octanol–water partition coefficient (Wildman–Crippen LogP) is 2.85. The van der Waals surface area contributed by atoms with Crippen LogP contribution < -0.4 is 4.90 Å². The molecule has 0 bridgehead atoms. The molecule has 3 rings (SSSR count). The Kier molecular flexibility index (Phi) is 4.28. The number of ether oxygens (including phenoxy) is 1. The van der Waals surface area contributed by atoms with Crippen molar-refractivity contribution in [2.75, 3.05) is 11.5 Å². The Labute approximate surface area is 133 Å². The van der Waals surface area contributed by atoms with Crippen LogP contribution in [0.1, 0.15) is 17.3 Å². The summed E-state index contributed by atoms with van der Waals surface area (Å²) in [5.41, 5.74) is 1.29. The van der Waals surface area contributed by atoms with Crippen molar-refractivity contribution in [3.8, 4) is 0 Å². The SMILES string of the molecule is CCOC(=O)c1ccc(N(c2ncccn2)c2cnc[nH]2)cc1. The average Bonchev–Trinajstić information content (AvgIpc) is 3.11. The lowest BCUT2D eigenvalue weighted by molar-refractivity contribution is 0.0526. The van der Waals surface area contributed by atoms with Gasteiger partial charge in [0.25, 0.3) is 0 Å². The predicted molar refractivity (Wildman–Crippen MR) is 84.8 cm³/mol. The monoisotopic (exact) mass is 309 g/mol. The molecule has 0 fully saturated rings. The number of anilines is 3. The highest BCUT2D eigenvalue weighted by Gasteiger charge is 2.16. The molecule has 0 radical (unpaired) electrons. The van der Waals surface area contributed by atoms with Gasteiger partial charge in [-0.3, -0.25) is 4.90 Å². The largest absolute Gasteiger partial charge is 0.462 e. The number of esters is 1. The van der Waals surface area contributed by atoms with E-state index in [1.54, 1.807) is 50.0 Å². The zero-order valence-corrected chi connectivity index (χ0v) is 12.5. The molecule has 0 spiro atoms. The van der Waals surface area contributed by atoms with Gasteiger partial charge in [0, 0.05) is 12.4 Å². The van der Waals surface area contributed by atoms with E-state index in [0.717, 1.165) is 11.5 Å². The summed E-state index contributed by atoms with van der Waals surface area (Å²) < 4.78 is 4.99. The number of hydrogen-bond donors (Lipinski definition) is 1. The van der Waals surface area contributed by atoms with E-state index >= 15 is 0 Å². The van der Waals surface area contributed by atoms with Gasteiger partial charge in [0.05, 0.1) is 30.4 Å². The standard InChI is InChI=1S/C16H15N5O2/c1-2-23-15(22)12-4-6-13(7-5-12)21(14-10-17-11-20-14)16-18-8-3-9-19-16/h3-11H,2H2,1H3,(H,17,20). The van der Waals surface area contributed by atoms with Crippen LogP contribution in [0.5, 0.6) is 0 Å². The first-order valence-electron chi connectivity index (χ1n) is 7.12. The molecule has 7 nitrogen and oxygen atoms in total. The van der Waals surface area contributed by atoms with Crippen molar-refractivity contribution in [3.63, 3.8) is 0 Å². The second-order valence-electron chi connectivity index (χ2n) is 4.59. The summed E-state index contributed by atoms with van der Waals surface area (Å²) >= 11 is 0. The van der Waals surface area contributed by atoms with E-state index in [-0.39, 0.29) is 5.97 Å². The van der Waals surface area contributed by atoms with Gasteiger partial charge in [0.1, 0.15) is 5.82 Å². The van der Waals surface area contributed by atoms with E-state index < -0.39 is 0 Å². The number of nitrogens with one attached hydrogen (secondary N) is 1. The van der Waals surface area contributed by atoms with Gasteiger partial charge < -0.3 is 9.72 Å². The average molecular weight is 309 g/mol. The van der Waals surface area contributed by atoms with Crippen molar-refractivity contribution < 1.29 is 9.53 Å². The molecule has 7 heteroatoms. The first-order chi connectivity index (χ1) is 11.3. The number of rotatable bonds is 5. The molecule has 116 valence electrons. The van der Waals surface area contributed by atoms with Gasteiger partial charge in [-0.1, -0.05) is 0 Å². The molecule has 0 saturated carbocycles. The van der Waals surface area contributed by atoms with Gasteiger partial charge in [-0.25, -0.2) is 19.7 Å². The van der Waals surface area contributed by atoms with Crippen LogP contribution in [0.15, 0.2) is 55.2 Å². The number of imidazole rings is 1. The lowest BCUT2D eigenvalue weighted by atomic mass is 10.2. The molecule has 0 amide bonds. The van der Waals surface area contributed by atoms with Crippen LogP contribution in [0.25, 0.3) is 0 Å². The molecule has 23 heavy (non-hydrogen) atoms. The quantitative estimate of drug-likeness (QED) is 0.730. The third-order valence-electron chi connectivity index (χ3n) is 3.11. The minimum Gasteiger partial charge on any atom is -0.462 e. The Morgan fingerprint density at radius 3 is 2.57 bits per heavy atom. The summed E-state index contributed by atoms with van der Waals surface area (Å²) in [6, 6.07) is 8.78. The minimum atomic E-state index is -0.344. The van der Waals surface area contributed by atoms with E-state index in [4.69, 9.17) is 4.74 Å². The van der Waals surface area contributed by atoms with Gasteiger partial charge in [-0.05, 0) is 37.3 Å². The first-order valence-corrected chi connectivity index (χ1v) is 7.12. The molecule has 2 heterocycles. The highest BCUT2D eigenvalue weighted by atomic mass is 16.5. The Morgan fingerprint density at radius 1 is 1.22 bits per heavy atom. The maximum atomic E-state index is 11.7. The fourth-order valence-electron chi connectivity index (χ4n) is 2.10. The molecular weight excluding hydrogens is 294 g/mol. The summed E-state index contributed by atoms with van der Waals surface area (Å²) in [5, 5.41) is 0. The molecule has 0 saturated heterocycles. The number of carbonyl (C=O) groups excluding carboxylic acids is 1. The second kappa shape index (κ2) is 6.69. The topological polar surface area (TPSA) is 84.0 Å². The van der Waals surface area contributed by atoms with Gasteiger partial charge in [0.15, 0.2) is 0 Å². The van der Waals surface area contributed by atoms with E-state index in [2.05, 4.69) is 19.9 Å². The summed E-state index contributed by atoms with van der Waals surface area (Å²) in [5.74, 6) is 0.879. The zero-order valence-electron chi connectivity index (χ0n) is 12.5. The fourth-order valence-corrected chi connectivity index (χ4v) is 2.10. The molecular formula is C16H15N5O2. The molecule has 0 atom stereocenters. The molecule has 2 aromatic heterocycles. The second-order valence-corrected chi connectivity index (χ2v) is 4.59. The lowest BCUT2D eigenvalue weighted by Gasteiger charge is -2.20. The van der Waals surface area contributed by atoms with Crippen molar-refractivity contribution in [2.24, 2.45) is 0 Å². The van der Waals surface area contributed by atoms with Crippen LogP contribution in [0.2, 0.25) is 0 Å². The van der Waals surface area contributed by atoms with Crippen LogP contribution in [0.4, 0.5) is 17.5 Å². The summed E-state index contributed by atoms with van der Waals surface area (Å²) in [6.45, 7) is 2.12. The number of carbonyl (C=O) groups is 1. The number of aromatic amines is 1. The van der Waals surface area contributed by atoms with Gasteiger partial charge >= 0.3 is 5.97 Å². The third-order valence-corrected chi connectivity index (χ3v) is 3.11. The molecule has 1 N–H and O–H groups in total. The van der Waals surface area contributed by atoms with Crippen LogP contribution in [0, 0.1) is 0 Å². The maximum Gasteiger partial charge on any atom is 0.338 e. The van der Waals surface area contributed by atoms with Crippen molar-refractivity contribution in [3.05, 3.63) is 60.8 Å². The van der Waals surface area contributed by atoms with Gasteiger partial charge in [-0.2, -0.15) is 0 Å². The third kappa shape index (κ3) is 3.18. The highest BCUT2D eigenvalue weighted by molar-refractivity contribution is 5.90. The molecule has 0 aliphatic heterocycles. The van der Waals surface area contributed by atoms with E-state index in [9.17, 15) is 4.79 Å². The van der Waals surface area contributed by atoms with Gasteiger partial charge in [0.2, 0.25) is 5.95 Å². The molecule has 0 unspecified atom stereocenters. The molecule has 0 aliphatic rings. The number of H-pyrrole nitrogens is 1. The van der Waals surface area contributed by atoms with Crippen LogP contribution in [-0.2, 0) is 4.74 Å². The van der Waals surface area contributed by atoms with Crippen molar-refractivity contribution in [1.82, 2.24) is 19.9 Å². The van der Waals surface area contributed by atoms with Crippen molar-refractivity contribution >= 4 is 23.4 Å². The van der Waals surface area contributed by atoms with E-state index in [1.165, 1.54) is 0 Å². The Bertz CT molecular complexity index is 757. The number of nitrogens with zero attached hydrogens (tertiary/aromatic N) is 4. The van der Waals surface area contributed by atoms with E-state index in [1.807, 2.05) is 17.0 Å². The molecule has 1 aromatic carbocycles. The minimum absolute atomic E-state index is 0.344. The van der Waals surface area contributed by atoms with Gasteiger partial charge in [-0.15, -0.1) is 0 Å². The van der Waals surface area contributed by atoms with Crippen molar-refractivity contribution in [1.29, 1.82) is 0 Å². The zero-order chi connectivity index (χ0) is 16.1. The molecule has 3 aromatic rings. The number of aromatic nitrogens is 4. The lowest BCUT2D eigenvalue weighted by Crippen LogP contribution is -2.13. The summed E-state index contributed by atoms with van der Waals surface area (Å²) in [6.07, 6.45) is 6.59. The molecule has 0 aliphatic carbocycles. The Morgan fingerprint density at radius 2 is 1.96 bits per heavy atom. The highest BCUT2D eigenvalue weighted by Crippen LogP contribution is 2.29. The Balaban J connectivity index is 1.96. The van der Waals surface area contributed by atoms with Crippen LogP contribution in [0.3, 0.4) is 0 Å². The summed E-state index contributed by atoms with van der Waals surface area (Å²) in [4.78, 5) is 29.2. The van der Waals surface area contributed by atoms with E-state index in [0.29, 0.717) is 18.1 Å². The summed E-state index contributed by atoms with van der Waals surface area (Å²) in [7, 11) is 0. The number of hydrogen-bond acceptors (Lipinski definition) is 6. The van der Waals surface area contributed by atoms with Crippen molar-refractivity contribution in [2.45, 2.75) is 6.92 Å². The Hall–Kier alpha value is -3.22. The van der Waals surface area contributed by atoms with Crippen LogP contribution >= 0.6 is 0 Å². The maximum absolute atomic E-state index is 11.7. The van der Waals surface area contributed by atoms with Crippen LogP contribution in [-0.4, -0.2) is 32.5 Å².